The van der Waals surface area contributed by atoms with Crippen molar-refractivity contribution in [1.29, 1.82) is 0 Å². The molecule has 0 spiro atoms. The summed E-state index contributed by atoms with van der Waals surface area (Å²) in [6.45, 7) is 0.426. The first-order valence-corrected chi connectivity index (χ1v) is 13.5. The molecule has 0 bridgehead atoms. The second kappa shape index (κ2) is 12.9. The lowest BCUT2D eigenvalue weighted by Crippen LogP contribution is -2.18. The molecular formula is C27H23N3O6S2. The van der Waals surface area contributed by atoms with Crippen LogP contribution < -0.4 is 14.2 Å². The van der Waals surface area contributed by atoms with Crippen LogP contribution in [0.15, 0.2) is 102 Å². The number of carboxylic acids is 1. The molecule has 3 N–H and O–H groups in total. The number of carboxylic acid groups (broad SMARTS) is 1. The summed E-state index contributed by atoms with van der Waals surface area (Å²) in [5, 5.41) is 20.5. The highest BCUT2D eigenvalue weighted by Gasteiger charge is 2.13. The Morgan fingerprint density at radius 3 is 2.26 bits per heavy atom. The molecule has 0 radical (unpaired) electrons. The number of hydrogen-bond acceptors (Lipinski definition) is 7. The maximum Gasteiger partial charge on any atom is 0.337 e. The van der Waals surface area contributed by atoms with Gasteiger partial charge in [0.25, 0.3) is 5.69 Å². The van der Waals surface area contributed by atoms with E-state index in [0.29, 0.717) is 34.4 Å². The number of non-ortho nitro benzene ring substituents is 1. The molecule has 4 aromatic carbocycles. The second-order valence-electron chi connectivity index (χ2n) is 8.01. The molecule has 0 aromatic heterocycles. The van der Waals surface area contributed by atoms with E-state index >= 15 is 0 Å². The fourth-order valence-corrected chi connectivity index (χ4v) is 4.96. The van der Waals surface area contributed by atoms with Crippen LogP contribution in [0.5, 0.6) is 11.5 Å². The van der Waals surface area contributed by atoms with E-state index in [4.69, 9.17) is 4.74 Å². The maximum absolute atomic E-state index is 12.3. The zero-order chi connectivity index (χ0) is 26.9. The van der Waals surface area contributed by atoms with Crippen LogP contribution in [0, 0.1) is 10.1 Å². The van der Waals surface area contributed by atoms with E-state index in [1.807, 2.05) is 42.5 Å². The molecule has 0 saturated heterocycles. The Morgan fingerprint density at radius 1 is 0.921 bits per heavy atom. The summed E-state index contributed by atoms with van der Waals surface area (Å²) in [5.74, 6) is 0.164. The number of nitrogens with one attached hydrogen (secondary N) is 2. The first-order valence-electron chi connectivity index (χ1n) is 11.3. The van der Waals surface area contributed by atoms with Crippen LogP contribution >= 0.6 is 11.9 Å². The highest BCUT2D eigenvalue weighted by Crippen LogP contribution is 2.30. The van der Waals surface area contributed by atoms with Crippen molar-refractivity contribution in [1.82, 2.24) is 4.72 Å². The van der Waals surface area contributed by atoms with E-state index in [1.165, 1.54) is 18.2 Å². The normalized spacial score (nSPS) is 11.5. The van der Waals surface area contributed by atoms with Gasteiger partial charge in [-0.25, -0.2) is 13.7 Å². The summed E-state index contributed by atoms with van der Waals surface area (Å²) in [5.41, 5.74) is 2.27. The Labute approximate surface area is 225 Å². The lowest BCUT2D eigenvalue weighted by molar-refractivity contribution is -0.384. The molecule has 38 heavy (non-hydrogen) atoms. The standard InChI is InChI=1S/C27H23N3O6S2/c31-27(32)25-16-23(12-15-26(25)29-37-24-13-8-21(9-14-24)30(33)34)36-22-10-6-19(7-11-22)17-28-38(35)18-20-4-2-1-3-5-20/h1-16,28-29H,17-18H2,(H,31,32). The molecule has 0 aliphatic carbocycles. The molecule has 0 fully saturated rings. The van der Waals surface area contributed by atoms with Gasteiger partial charge in [-0.05, 0) is 65.5 Å². The summed E-state index contributed by atoms with van der Waals surface area (Å²) >= 11 is 1.14. The first-order chi connectivity index (χ1) is 18.4. The molecular weight excluding hydrogens is 526 g/mol. The van der Waals surface area contributed by atoms with Crippen LogP contribution in [0.4, 0.5) is 11.4 Å². The second-order valence-corrected chi connectivity index (χ2v) is 10.2. The van der Waals surface area contributed by atoms with Crippen LogP contribution in [-0.2, 0) is 23.3 Å². The average molecular weight is 550 g/mol. The minimum Gasteiger partial charge on any atom is -0.478 e. The van der Waals surface area contributed by atoms with Gasteiger partial charge in [0.1, 0.15) is 11.5 Å². The Morgan fingerprint density at radius 2 is 1.61 bits per heavy atom. The van der Waals surface area contributed by atoms with E-state index < -0.39 is 21.9 Å². The molecule has 194 valence electrons. The van der Waals surface area contributed by atoms with E-state index in [2.05, 4.69) is 9.44 Å². The highest BCUT2D eigenvalue weighted by molar-refractivity contribution is 8.00. The molecule has 4 rings (SSSR count). The van der Waals surface area contributed by atoms with Crippen LogP contribution in [-0.4, -0.2) is 20.2 Å². The molecule has 11 heteroatoms. The zero-order valence-corrected chi connectivity index (χ0v) is 21.5. The number of anilines is 1. The number of nitrogens with zero attached hydrogens (tertiary/aromatic N) is 1. The van der Waals surface area contributed by atoms with Crippen LogP contribution in [0.3, 0.4) is 0 Å². The molecule has 0 saturated carbocycles. The van der Waals surface area contributed by atoms with Crippen molar-refractivity contribution >= 4 is 40.3 Å². The molecule has 0 amide bonds. The van der Waals surface area contributed by atoms with Gasteiger partial charge in [-0.1, -0.05) is 42.5 Å². The number of carbonyl (C=O) groups is 1. The van der Waals surface area contributed by atoms with Crippen molar-refractivity contribution in [3.8, 4) is 11.5 Å². The number of aromatic carboxylic acids is 1. The molecule has 9 nitrogen and oxygen atoms in total. The predicted molar refractivity (Wildman–Crippen MR) is 148 cm³/mol. The summed E-state index contributed by atoms with van der Waals surface area (Å²) in [7, 11) is -1.21. The fourth-order valence-electron chi connectivity index (χ4n) is 3.35. The number of nitro benzene ring substituents is 1. The van der Waals surface area contributed by atoms with Gasteiger partial charge in [0, 0.05) is 23.6 Å². The molecule has 0 aliphatic rings. The summed E-state index contributed by atoms with van der Waals surface area (Å²) in [6, 6.07) is 27.4. The van der Waals surface area contributed by atoms with Crippen molar-refractivity contribution in [3.63, 3.8) is 0 Å². The van der Waals surface area contributed by atoms with Crippen LogP contribution in [0.25, 0.3) is 0 Å². The van der Waals surface area contributed by atoms with Gasteiger partial charge >= 0.3 is 5.97 Å². The number of rotatable bonds is 12. The number of benzene rings is 4. The summed E-state index contributed by atoms with van der Waals surface area (Å²) in [6.07, 6.45) is 0. The Balaban J connectivity index is 1.33. The third kappa shape index (κ3) is 7.65. The minimum atomic E-state index is -1.21. The lowest BCUT2D eigenvalue weighted by atomic mass is 10.1. The van der Waals surface area contributed by atoms with Crippen LogP contribution in [0.2, 0.25) is 0 Å². The van der Waals surface area contributed by atoms with Gasteiger partial charge < -0.3 is 14.6 Å². The Bertz CT molecular complexity index is 1430. The average Bonchev–Trinajstić information content (AvgIpc) is 2.92. The predicted octanol–water partition coefficient (Wildman–Crippen LogP) is 6.16. The van der Waals surface area contributed by atoms with Crippen molar-refractivity contribution in [3.05, 3.63) is 124 Å². The third-order valence-electron chi connectivity index (χ3n) is 5.28. The molecule has 1 atom stereocenters. The quantitative estimate of drug-likeness (QED) is 0.109. The third-order valence-corrected chi connectivity index (χ3v) is 7.18. The largest absolute Gasteiger partial charge is 0.478 e. The fraction of sp³-hybridized carbons (Fsp3) is 0.0741. The SMILES string of the molecule is O=C(O)c1cc(Oc2ccc(CNS(=O)Cc3ccccc3)cc2)ccc1NSc1ccc([N+](=O)[O-])cc1. The number of hydrogen-bond donors (Lipinski definition) is 3. The lowest BCUT2D eigenvalue weighted by Gasteiger charge is -2.12. The minimum absolute atomic E-state index is 0.0126. The van der Waals surface area contributed by atoms with Crippen molar-refractivity contribution in [2.75, 3.05) is 4.72 Å². The van der Waals surface area contributed by atoms with Crippen molar-refractivity contribution in [2.45, 2.75) is 17.2 Å². The van der Waals surface area contributed by atoms with Crippen molar-refractivity contribution in [2.24, 2.45) is 0 Å². The van der Waals surface area contributed by atoms with Gasteiger partial charge in [-0.3, -0.25) is 10.1 Å². The smallest absolute Gasteiger partial charge is 0.337 e. The van der Waals surface area contributed by atoms with Crippen LogP contribution in [0.1, 0.15) is 21.5 Å². The highest BCUT2D eigenvalue weighted by atomic mass is 32.2. The summed E-state index contributed by atoms with van der Waals surface area (Å²) < 4.78 is 24.1. The first kappa shape index (κ1) is 26.9. The maximum atomic E-state index is 12.3. The zero-order valence-electron chi connectivity index (χ0n) is 19.9. The monoisotopic (exact) mass is 549 g/mol. The van der Waals surface area contributed by atoms with E-state index in [-0.39, 0.29) is 11.3 Å². The van der Waals surface area contributed by atoms with Gasteiger partial charge in [0.2, 0.25) is 0 Å². The van der Waals surface area contributed by atoms with Gasteiger partial charge in [0.05, 0.1) is 32.9 Å². The van der Waals surface area contributed by atoms with Crippen molar-refractivity contribution < 1.29 is 23.8 Å². The summed E-state index contributed by atoms with van der Waals surface area (Å²) in [4.78, 5) is 22.8. The number of nitro groups is 1. The Hall–Kier alpha value is -4.19. The topological polar surface area (TPSA) is 131 Å². The molecule has 4 aromatic rings. The Kier molecular flexibility index (Phi) is 9.09. The number of ether oxygens (including phenoxy) is 1. The van der Waals surface area contributed by atoms with E-state index in [9.17, 15) is 24.2 Å². The van der Waals surface area contributed by atoms with E-state index in [0.717, 1.165) is 23.1 Å². The van der Waals surface area contributed by atoms with Gasteiger partial charge in [-0.15, -0.1) is 0 Å². The van der Waals surface area contributed by atoms with Gasteiger partial charge in [-0.2, -0.15) is 0 Å². The van der Waals surface area contributed by atoms with Gasteiger partial charge in [0.15, 0.2) is 0 Å². The molecule has 1 unspecified atom stereocenters. The molecule has 0 aliphatic heterocycles. The van der Waals surface area contributed by atoms with E-state index in [1.54, 1.807) is 36.4 Å². The molecule has 0 heterocycles.